The summed E-state index contributed by atoms with van der Waals surface area (Å²) in [4.78, 5) is 12.6. The third kappa shape index (κ3) is 5.38. The van der Waals surface area contributed by atoms with Crippen LogP contribution >= 0.6 is 23.4 Å². The second-order valence-electron chi connectivity index (χ2n) is 7.31. The first kappa shape index (κ1) is 22.9. The van der Waals surface area contributed by atoms with Gasteiger partial charge in [0.2, 0.25) is 5.91 Å². The molecule has 1 atom stereocenters. The van der Waals surface area contributed by atoms with E-state index in [0.29, 0.717) is 21.8 Å². The molecule has 1 amide bonds. The van der Waals surface area contributed by atoms with E-state index < -0.39 is 0 Å². The molecule has 1 heterocycles. The summed E-state index contributed by atoms with van der Waals surface area (Å²) in [7, 11) is 1.62. The van der Waals surface area contributed by atoms with Gasteiger partial charge in [0.25, 0.3) is 0 Å². The Morgan fingerprint density at radius 2 is 1.73 bits per heavy atom. The molecular weight excluding hydrogens is 456 g/mol. The number of benzene rings is 3. The second-order valence-corrected chi connectivity index (χ2v) is 8.69. The van der Waals surface area contributed by atoms with Crippen LogP contribution in [0.4, 0.5) is 0 Å². The number of carbonyl (C=O) groups excluding carboxylic acids is 1. The minimum absolute atomic E-state index is 0.0825. The Hall–Kier alpha value is -3.29. The maximum Gasteiger partial charge on any atom is 0.230 e. The molecule has 0 fully saturated rings. The fourth-order valence-electron chi connectivity index (χ4n) is 3.43. The molecule has 1 aromatic heterocycles. The van der Waals surface area contributed by atoms with Crippen LogP contribution in [0.1, 0.15) is 18.5 Å². The number of aromatic nitrogens is 3. The number of para-hydroxylation sites is 1. The number of carbonyl (C=O) groups is 1. The second kappa shape index (κ2) is 10.6. The highest BCUT2D eigenvalue weighted by Gasteiger charge is 2.20. The van der Waals surface area contributed by atoms with Crippen LogP contribution in [-0.2, 0) is 4.79 Å². The van der Waals surface area contributed by atoms with E-state index in [9.17, 15) is 4.79 Å². The number of rotatable bonds is 8. The summed E-state index contributed by atoms with van der Waals surface area (Å²) < 4.78 is 7.44. The molecule has 4 aromatic rings. The molecule has 33 heavy (non-hydrogen) atoms. The topological polar surface area (TPSA) is 69.0 Å². The van der Waals surface area contributed by atoms with Crippen molar-refractivity contribution < 1.29 is 9.53 Å². The fourth-order valence-corrected chi connectivity index (χ4v) is 4.32. The smallest absolute Gasteiger partial charge is 0.230 e. The summed E-state index contributed by atoms with van der Waals surface area (Å²) >= 11 is 7.42. The number of halogens is 1. The molecular formula is C25H23ClN4O2S. The van der Waals surface area contributed by atoms with Gasteiger partial charge in [-0.1, -0.05) is 65.8 Å². The number of methoxy groups -OCH3 is 1. The van der Waals surface area contributed by atoms with Gasteiger partial charge in [0, 0.05) is 10.7 Å². The van der Waals surface area contributed by atoms with Gasteiger partial charge >= 0.3 is 0 Å². The lowest BCUT2D eigenvalue weighted by atomic mass is 10.1. The van der Waals surface area contributed by atoms with E-state index in [4.69, 9.17) is 16.3 Å². The zero-order valence-corrected chi connectivity index (χ0v) is 19.8. The van der Waals surface area contributed by atoms with Crippen LogP contribution in [0.3, 0.4) is 0 Å². The van der Waals surface area contributed by atoms with Gasteiger partial charge < -0.3 is 10.1 Å². The van der Waals surface area contributed by atoms with Gasteiger partial charge in [-0.2, -0.15) is 0 Å². The molecule has 0 saturated carbocycles. The van der Waals surface area contributed by atoms with Gasteiger partial charge in [-0.15, -0.1) is 10.2 Å². The summed E-state index contributed by atoms with van der Waals surface area (Å²) in [5, 5.41) is 13.1. The van der Waals surface area contributed by atoms with Crippen LogP contribution in [0.15, 0.2) is 84.0 Å². The van der Waals surface area contributed by atoms with Gasteiger partial charge in [0.15, 0.2) is 11.0 Å². The number of thioether (sulfide) groups is 1. The maximum atomic E-state index is 12.6. The van der Waals surface area contributed by atoms with Crippen LogP contribution in [0.5, 0.6) is 5.75 Å². The predicted octanol–water partition coefficient (Wildman–Crippen LogP) is 5.57. The molecule has 168 valence electrons. The van der Waals surface area contributed by atoms with Crippen LogP contribution in [-0.4, -0.2) is 33.5 Å². The van der Waals surface area contributed by atoms with Gasteiger partial charge in [0.1, 0.15) is 5.75 Å². The Labute approximate surface area is 202 Å². The van der Waals surface area contributed by atoms with Crippen molar-refractivity contribution in [2.24, 2.45) is 0 Å². The Morgan fingerprint density at radius 1 is 1.03 bits per heavy atom. The summed E-state index contributed by atoms with van der Waals surface area (Å²) in [6, 6.07) is 24.8. The zero-order valence-electron chi connectivity index (χ0n) is 18.2. The first-order chi connectivity index (χ1) is 16.1. The largest absolute Gasteiger partial charge is 0.496 e. The van der Waals surface area contributed by atoms with Gasteiger partial charge in [0.05, 0.1) is 24.5 Å². The number of nitrogens with zero attached hydrogens (tertiary/aromatic N) is 3. The molecule has 0 radical (unpaired) electrons. The highest BCUT2D eigenvalue weighted by molar-refractivity contribution is 7.99. The third-order valence-electron chi connectivity index (χ3n) is 5.08. The van der Waals surface area contributed by atoms with Crippen LogP contribution in [0.2, 0.25) is 5.02 Å². The van der Waals surface area contributed by atoms with E-state index in [1.54, 1.807) is 7.11 Å². The maximum absolute atomic E-state index is 12.6. The lowest BCUT2D eigenvalue weighted by molar-refractivity contribution is -0.119. The van der Waals surface area contributed by atoms with Crippen molar-refractivity contribution >= 4 is 29.3 Å². The van der Waals surface area contributed by atoms with Crippen LogP contribution in [0.25, 0.3) is 17.1 Å². The van der Waals surface area contributed by atoms with E-state index in [1.807, 2.05) is 90.4 Å². The quantitative estimate of drug-likeness (QED) is 0.335. The van der Waals surface area contributed by atoms with Gasteiger partial charge in [-0.3, -0.25) is 9.36 Å². The summed E-state index contributed by atoms with van der Waals surface area (Å²) in [6.45, 7) is 1.97. The molecule has 0 bridgehead atoms. The van der Waals surface area contributed by atoms with Crippen molar-refractivity contribution in [1.29, 1.82) is 0 Å². The predicted molar refractivity (Wildman–Crippen MR) is 132 cm³/mol. The molecule has 1 N–H and O–H groups in total. The van der Waals surface area contributed by atoms with E-state index in [0.717, 1.165) is 16.8 Å². The highest BCUT2D eigenvalue weighted by atomic mass is 35.5. The number of hydrogen-bond acceptors (Lipinski definition) is 5. The number of hydrogen-bond donors (Lipinski definition) is 1. The first-order valence-electron chi connectivity index (χ1n) is 10.4. The van der Waals surface area contributed by atoms with Crippen molar-refractivity contribution in [2.45, 2.75) is 18.1 Å². The van der Waals surface area contributed by atoms with Crippen molar-refractivity contribution in [1.82, 2.24) is 20.1 Å². The van der Waals surface area contributed by atoms with Crippen LogP contribution in [0, 0.1) is 0 Å². The zero-order chi connectivity index (χ0) is 23.2. The Kier molecular flexibility index (Phi) is 7.32. The normalized spacial score (nSPS) is 11.7. The average molecular weight is 479 g/mol. The Bertz CT molecular complexity index is 1230. The van der Waals surface area contributed by atoms with Crippen molar-refractivity contribution in [3.05, 3.63) is 89.4 Å². The summed E-state index contributed by atoms with van der Waals surface area (Å²) in [5.41, 5.74) is 2.70. The number of ether oxygens (including phenoxy) is 1. The highest BCUT2D eigenvalue weighted by Crippen LogP contribution is 2.33. The standard InChI is InChI=1S/C25H23ClN4O2S/c1-17(18-8-4-3-5-9-18)27-23(31)16-33-25-29-28-24(21-10-6-7-11-22(21)32-2)30(25)20-14-12-19(26)13-15-20/h3-15,17H,16H2,1-2H3,(H,27,31)/t17-/m1/s1. The monoisotopic (exact) mass is 478 g/mol. The minimum Gasteiger partial charge on any atom is -0.496 e. The number of amides is 1. The molecule has 4 rings (SSSR count). The molecule has 0 aliphatic rings. The SMILES string of the molecule is COc1ccccc1-c1nnc(SCC(=O)N[C@H](C)c2ccccc2)n1-c1ccc(Cl)cc1. The van der Waals surface area contributed by atoms with Gasteiger partial charge in [-0.05, 0) is 48.9 Å². The molecule has 6 nitrogen and oxygen atoms in total. The van der Waals surface area contributed by atoms with Gasteiger partial charge in [-0.25, -0.2) is 0 Å². The van der Waals surface area contributed by atoms with E-state index in [-0.39, 0.29) is 17.7 Å². The van der Waals surface area contributed by atoms with Crippen molar-refractivity contribution in [2.75, 3.05) is 12.9 Å². The van der Waals surface area contributed by atoms with E-state index in [2.05, 4.69) is 15.5 Å². The minimum atomic E-state index is -0.0856. The average Bonchev–Trinajstić information content (AvgIpc) is 3.27. The number of nitrogens with one attached hydrogen (secondary N) is 1. The van der Waals surface area contributed by atoms with Crippen molar-refractivity contribution in [3.8, 4) is 22.8 Å². The fraction of sp³-hybridized carbons (Fsp3) is 0.160. The van der Waals surface area contributed by atoms with Crippen LogP contribution < -0.4 is 10.1 Å². The molecule has 0 aliphatic carbocycles. The van der Waals surface area contributed by atoms with Crippen molar-refractivity contribution in [3.63, 3.8) is 0 Å². The molecule has 3 aromatic carbocycles. The lowest BCUT2D eigenvalue weighted by Gasteiger charge is -2.15. The molecule has 8 heteroatoms. The molecule has 0 spiro atoms. The Morgan fingerprint density at radius 3 is 2.45 bits per heavy atom. The molecule has 0 unspecified atom stereocenters. The summed E-state index contributed by atoms with van der Waals surface area (Å²) in [6.07, 6.45) is 0. The Balaban J connectivity index is 1.60. The third-order valence-corrected chi connectivity index (χ3v) is 6.26. The summed E-state index contributed by atoms with van der Waals surface area (Å²) in [5.74, 6) is 1.43. The van der Waals surface area contributed by atoms with E-state index in [1.165, 1.54) is 11.8 Å². The first-order valence-corrected chi connectivity index (χ1v) is 11.7. The molecule has 0 saturated heterocycles. The lowest BCUT2D eigenvalue weighted by Crippen LogP contribution is -2.28. The van der Waals surface area contributed by atoms with E-state index >= 15 is 0 Å². The molecule has 0 aliphatic heterocycles.